The highest BCUT2D eigenvalue weighted by Crippen LogP contribution is 1.71. The lowest BCUT2D eigenvalue weighted by molar-refractivity contribution is 1.03. The zero-order valence-corrected chi connectivity index (χ0v) is 5.80. The number of aromatic amines is 2. The highest BCUT2D eigenvalue weighted by atomic mass is 127. The molecule has 0 radical (unpaired) electrons. The minimum Gasteiger partial charge on any atom is -0.247 e. The highest BCUT2D eigenvalue weighted by molar-refractivity contribution is 14.1. The molecule has 8 heavy (non-hydrogen) atoms. The molecule has 0 bridgehead atoms. The van der Waals surface area contributed by atoms with E-state index in [2.05, 4.69) is 10.2 Å². The maximum Gasteiger partial charge on any atom is 0.353 e. The van der Waals surface area contributed by atoms with E-state index in [-0.39, 0.29) is 0 Å². The van der Waals surface area contributed by atoms with Crippen LogP contribution in [0.25, 0.3) is 0 Å². The fourth-order valence-electron chi connectivity index (χ4n) is 0.297. The average Bonchev–Trinajstić information content (AvgIpc) is 1.98. The molecule has 0 aliphatic rings. The molecule has 1 aromatic rings. The van der Waals surface area contributed by atoms with E-state index < -0.39 is 11.4 Å². The van der Waals surface area contributed by atoms with Crippen molar-refractivity contribution >= 4 is 22.9 Å². The summed E-state index contributed by atoms with van der Waals surface area (Å²) in [4.78, 5) is 20.6. The van der Waals surface area contributed by atoms with Crippen LogP contribution in [0, 0.1) is 0 Å². The first-order valence-electron chi connectivity index (χ1n) is 1.77. The van der Waals surface area contributed by atoms with Crippen LogP contribution in [0.1, 0.15) is 0 Å². The monoisotopic (exact) mass is 227 g/mol. The first-order valence-corrected chi connectivity index (χ1v) is 2.74. The Labute approximate surface area is 57.2 Å². The van der Waals surface area contributed by atoms with E-state index in [1.165, 1.54) is 0 Å². The van der Waals surface area contributed by atoms with E-state index in [1.807, 2.05) is 0 Å². The summed E-state index contributed by atoms with van der Waals surface area (Å²) in [6.07, 6.45) is 0. The van der Waals surface area contributed by atoms with Gasteiger partial charge in [0.05, 0.1) is 22.9 Å². The van der Waals surface area contributed by atoms with Gasteiger partial charge in [0.25, 0.3) is 0 Å². The van der Waals surface area contributed by atoms with E-state index in [1.54, 1.807) is 22.9 Å². The lowest BCUT2D eigenvalue weighted by Gasteiger charge is -1.69. The smallest absolute Gasteiger partial charge is 0.247 e. The number of H-pyrrole nitrogens is 2. The Balaban J connectivity index is 3.66. The van der Waals surface area contributed by atoms with E-state index in [0.29, 0.717) is 0 Å². The van der Waals surface area contributed by atoms with Crippen LogP contribution in [0.2, 0.25) is 0 Å². The number of hydrogen-bond donors (Lipinski definition) is 2. The first kappa shape index (κ1) is 5.60. The molecule has 1 rings (SSSR count). The fraction of sp³-hybridized carbons (Fsp3) is 0. The first-order chi connectivity index (χ1) is 3.72. The predicted molar refractivity (Wildman–Crippen MR) is 35.1 cm³/mol. The van der Waals surface area contributed by atoms with Gasteiger partial charge in [0.15, 0.2) is 0 Å². The zero-order chi connectivity index (χ0) is 6.15. The largest absolute Gasteiger partial charge is 0.353 e. The van der Waals surface area contributed by atoms with Gasteiger partial charge >= 0.3 is 11.4 Å². The van der Waals surface area contributed by atoms with Crippen LogP contribution in [0.3, 0.4) is 0 Å². The summed E-state index contributed by atoms with van der Waals surface area (Å²) in [6.45, 7) is 0. The van der Waals surface area contributed by atoms with Crippen molar-refractivity contribution in [1.29, 1.82) is 0 Å². The second-order valence-corrected chi connectivity index (χ2v) is 2.11. The summed E-state index contributed by atoms with van der Waals surface area (Å²) < 4.78 is 0.914. The van der Waals surface area contributed by atoms with Crippen LogP contribution < -0.4 is 11.4 Å². The van der Waals surface area contributed by atoms with Gasteiger partial charge in [-0.15, -0.1) is 0 Å². The van der Waals surface area contributed by atoms with Crippen LogP contribution >= 0.6 is 22.9 Å². The van der Waals surface area contributed by atoms with Gasteiger partial charge in [-0.1, -0.05) is 0 Å². The molecule has 44 valence electrons. The average molecular weight is 227 g/mol. The molecule has 1 heterocycles. The van der Waals surface area contributed by atoms with Crippen molar-refractivity contribution in [3.63, 3.8) is 0 Å². The van der Waals surface area contributed by atoms with E-state index >= 15 is 0 Å². The lowest BCUT2D eigenvalue weighted by atomic mass is 11.2. The standard InChI is InChI=1S/C2H2IN3O2/c3-6-1(7)4-5-2(6)8/h(H,4,7)(H,5,8). The minimum atomic E-state index is -0.435. The molecule has 0 aliphatic heterocycles. The summed E-state index contributed by atoms with van der Waals surface area (Å²) in [5, 5.41) is 4.20. The van der Waals surface area contributed by atoms with Gasteiger partial charge in [-0.2, -0.15) is 2.78 Å². The summed E-state index contributed by atoms with van der Waals surface area (Å²) in [6, 6.07) is 0. The molecule has 0 saturated heterocycles. The van der Waals surface area contributed by atoms with Crippen LogP contribution in [0.4, 0.5) is 0 Å². The Bertz CT molecular complexity index is 252. The molecule has 6 heteroatoms. The Morgan fingerprint density at radius 3 is 1.75 bits per heavy atom. The Morgan fingerprint density at radius 2 is 1.62 bits per heavy atom. The molecule has 0 amide bonds. The van der Waals surface area contributed by atoms with Crippen molar-refractivity contribution in [1.82, 2.24) is 13.0 Å². The van der Waals surface area contributed by atoms with Gasteiger partial charge in [0.1, 0.15) is 0 Å². The zero-order valence-electron chi connectivity index (χ0n) is 3.64. The van der Waals surface area contributed by atoms with Crippen molar-refractivity contribution in [2.24, 2.45) is 0 Å². The normalized spacial score (nSPS) is 9.62. The maximum atomic E-state index is 10.3. The number of aromatic nitrogens is 3. The summed E-state index contributed by atoms with van der Waals surface area (Å²) in [7, 11) is 0. The number of hydrogen-bond acceptors (Lipinski definition) is 2. The van der Waals surface area contributed by atoms with Gasteiger partial charge in [-0.3, -0.25) is 0 Å². The molecular formula is C2H2IN3O2. The van der Waals surface area contributed by atoms with Crippen LogP contribution in [-0.2, 0) is 0 Å². The maximum absolute atomic E-state index is 10.3. The molecular weight excluding hydrogens is 225 g/mol. The van der Waals surface area contributed by atoms with Crippen molar-refractivity contribution in [2.45, 2.75) is 0 Å². The summed E-state index contributed by atoms with van der Waals surface area (Å²) in [5.41, 5.74) is -0.869. The lowest BCUT2D eigenvalue weighted by Crippen LogP contribution is -2.16. The van der Waals surface area contributed by atoms with Crippen LogP contribution in [0.5, 0.6) is 0 Å². The van der Waals surface area contributed by atoms with E-state index in [9.17, 15) is 9.59 Å². The van der Waals surface area contributed by atoms with Gasteiger partial charge in [-0.05, 0) is 0 Å². The number of nitrogens with zero attached hydrogens (tertiary/aromatic N) is 1. The molecule has 0 fully saturated rings. The van der Waals surface area contributed by atoms with Gasteiger partial charge in [-0.25, -0.2) is 19.8 Å². The van der Waals surface area contributed by atoms with Crippen molar-refractivity contribution < 1.29 is 0 Å². The Morgan fingerprint density at radius 1 is 1.25 bits per heavy atom. The van der Waals surface area contributed by atoms with Crippen molar-refractivity contribution in [3.05, 3.63) is 21.0 Å². The third-order valence-corrected chi connectivity index (χ3v) is 1.51. The second-order valence-electron chi connectivity index (χ2n) is 1.14. The molecule has 0 atom stereocenters. The van der Waals surface area contributed by atoms with Gasteiger partial charge < -0.3 is 0 Å². The number of nitrogens with one attached hydrogen (secondary N) is 2. The van der Waals surface area contributed by atoms with Crippen molar-refractivity contribution in [2.75, 3.05) is 0 Å². The second kappa shape index (κ2) is 1.77. The molecule has 0 unspecified atom stereocenters. The molecule has 0 saturated carbocycles. The topological polar surface area (TPSA) is 70.7 Å². The van der Waals surface area contributed by atoms with Gasteiger partial charge in [0.2, 0.25) is 0 Å². The fourth-order valence-corrected chi connectivity index (χ4v) is 0.539. The van der Waals surface area contributed by atoms with Crippen molar-refractivity contribution in [3.8, 4) is 0 Å². The third-order valence-electron chi connectivity index (χ3n) is 0.633. The Hall–Kier alpha value is -0.530. The van der Waals surface area contributed by atoms with E-state index in [0.717, 1.165) is 2.78 Å². The van der Waals surface area contributed by atoms with Crippen LogP contribution in [-0.4, -0.2) is 13.0 Å². The molecule has 0 aliphatic carbocycles. The highest BCUT2D eigenvalue weighted by Gasteiger charge is 1.93. The number of rotatable bonds is 0. The van der Waals surface area contributed by atoms with E-state index in [4.69, 9.17) is 0 Å². The minimum absolute atomic E-state index is 0.435. The quantitative estimate of drug-likeness (QED) is 0.561. The SMILES string of the molecule is O=c1[nH][nH]c(=O)n1I. The molecule has 0 aromatic carbocycles. The number of halogens is 1. The predicted octanol–water partition coefficient (Wildman–Crippen LogP) is -0.937. The molecule has 0 spiro atoms. The van der Waals surface area contributed by atoms with Crippen LogP contribution in [0.15, 0.2) is 9.59 Å². The molecule has 5 nitrogen and oxygen atoms in total. The summed E-state index contributed by atoms with van der Waals surface area (Å²) in [5.74, 6) is 0. The Kier molecular flexibility index (Phi) is 1.24. The molecule has 1 aromatic heterocycles. The molecule has 2 N–H and O–H groups in total. The summed E-state index contributed by atoms with van der Waals surface area (Å²) >= 11 is 1.59. The van der Waals surface area contributed by atoms with Gasteiger partial charge in [0, 0.05) is 0 Å². The third kappa shape index (κ3) is 0.703.